The van der Waals surface area contributed by atoms with Gasteiger partial charge < -0.3 is 0 Å². The topological polar surface area (TPSA) is 99.0 Å². The van der Waals surface area contributed by atoms with Gasteiger partial charge in [-0.05, 0) is 33.4 Å². The molecule has 1 fully saturated rings. The molecule has 1 aliphatic rings. The van der Waals surface area contributed by atoms with Crippen molar-refractivity contribution in [2.45, 2.75) is 6.42 Å². The molecule has 0 spiro atoms. The largest absolute Gasteiger partial charge is 0.298 e. The van der Waals surface area contributed by atoms with E-state index < -0.39 is 0 Å². The molecule has 7 nitrogen and oxygen atoms in total. The number of azide groups is 1. The lowest BCUT2D eigenvalue weighted by Gasteiger charge is -2.17. The molecule has 0 bridgehead atoms. The van der Waals surface area contributed by atoms with E-state index in [2.05, 4.69) is 30.9 Å². The molecule has 98 valence electrons. The Bertz CT molecular complexity index is 570. The fourth-order valence-corrected chi connectivity index (χ4v) is 2.37. The molecule has 8 heteroatoms. The third-order valence-corrected chi connectivity index (χ3v) is 3.29. The fourth-order valence-electron chi connectivity index (χ4n) is 2.02. The number of amides is 1. The van der Waals surface area contributed by atoms with Gasteiger partial charge in [-0.25, -0.2) is 4.98 Å². The van der Waals surface area contributed by atoms with Crippen LogP contribution in [0.25, 0.3) is 10.4 Å². The Morgan fingerprint density at radius 2 is 2.47 bits per heavy atom. The molecule has 2 rings (SSSR count). The Hall–Kier alpha value is -1.92. The van der Waals surface area contributed by atoms with Gasteiger partial charge in [-0.3, -0.25) is 14.5 Å². The highest BCUT2D eigenvalue weighted by molar-refractivity contribution is 9.10. The molecular weight excluding hydrogens is 314 g/mol. The van der Waals surface area contributed by atoms with Gasteiger partial charge in [0.1, 0.15) is 5.82 Å². The van der Waals surface area contributed by atoms with Crippen LogP contribution in [0, 0.1) is 5.92 Å². The molecule has 1 aromatic heterocycles. The zero-order chi connectivity index (χ0) is 13.8. The Labute approximate surface area is 117 Å². The van der Waals surface area contributed by atoms with Gasteiger partial charge in [-0.1, -0.05) is 5.11 Å². The minimum atomic E-state index is -0.115. The summed E-state index contributed by atoms with van der Waals surface area (Å²) in [6.45, 7) is 0.680. The summed E-state index contributed by atoms with van der Waals surface area (Å²) < 4.78 is 0.677. The Morgan fingerprint density at radius 3 is 3.16 bits per heavy atom. The highest BCUT2D eigenvalue weighted by Crippen LogP contribution is 2.27. The van der Waals surface area contributed by atoms with Crippen LogP contribution >= 0.6 is 15.9 Å². The molecule has 0 radical (unpaired) electrons. The van der Waals surface area contributed by atoms with Gasteiger partial charge in [0.2, 0.25) is 5.91 Å². The lowest BCUT2D eigenvalue weighted by atomic mass is 10.1. The number of anilines is 1. The average molecular weight is 324 g/mol. The van der Waals surface area contributed by atoms with Crippen LogP contribution in [-0.4, -0.2) is 30.3 Å². The van der Waals surface area contributed by atoms with Crippen molar-refractivity contribution in [1.29, 1.82) is 0 Å². The van der Waals surface area contributed by atoms with Gasteiger partial charge in [0.15, 0.2) is 6.29 Å². The minimum absolute atomic E-state index is 0.0339. The predicted molar refractivity (Wildman–Crippen MR) is 71.8 cm³/mol. The van der Waals surface area contributed by atoms with E-state index in [1.807, 2.05) is 0 Å². The van der Waals surface area contributed by atoms with E-state index in [-0.39, 0.29) is 18.4 Å². The van der Waals surface area contributed by atoms with Crippen LogP contribution in [0.2, 0.25) is 0 Å². The van der Waals surface area contributed by atoms with Crippen molar-refractivity contribution < 1.29 is 9.59 Å². The smallest absolute Gasteiger partial charge is 0.228 e. The van der Waals surface area contributed by atoms with Crippen molar-refractivity contribution in [1.82, 2.24) is 4.98 Å². The van der Waals surface area contributed by atoms with Crippen molar-refractivity contribution in [3.8, 4) is 0 Å². The third-order valence-electron chi connectivity index (χ3n) is 2.85. The highest BCUT2D eigenvalue weighted by Gasteiger charge is 2.32. The van der Waals surface area contributed by atoms with Crippen molar-refractivity contribution >= 4 is 33.9 Å². The second-order valence-corrected chi connectivity index (χ2v) is 5.09. The van der Waals surface area contributed by atoms with E-state index in [1.165, 1.54) is 11.1 Å². The van der Waals surface area contributed by atoms with Crippen LogP contribution in [0.3, 0.4) is 0 Å². The summed E-state index contributed by atoms with van der Waals surface area (Å²) in [7, 11) is 0. The first kappa shape index (κ1) is 13.5. The van der Waals surface area contributed by atoms with Crippen molar-refractivity contribution in [3.05, 3.63) is 32.7 Å². The maximum absolute atomic E-state index is 11.9. The summed E-state index contributed by atoms with van der Waals surface area (Å²) in [6, 6.07) is 1.61. The maximum atomic E-state index is 11.9. The van der Waals surface area contributed by atoms with Crippen molar-refractivity contribution in [2.24, 2.45) is 11.0 Å². The molecule has 2 heterocycles. The molecule has 0 N–H and O–H groups in total. The van der Waals surface area contributed by atoms with Gasteiger partial charge in [-0.15, -0.1) is 0 Å². The fraction of sp³-hybridized carbons (Fsp3) is 0.364. The van der Waals surface area contributed by atoms with Crippen LogP contribution in [0.1, 0.15) is 16.8 Å². The number of carbonyl (C=O) groups is 2. The Kier molecular flexibility index (Phi) is 4.13. The summed E-state index contributed by atoms with van der Waals surface area (Å²) >= 11 is 3.23. The molecule has 0 aromatic carbocycles. The molecular formula is C11H10BrN5O2. The zero-order valence-electron chi connectivity index (χ0n) is 9.86. The number of carbonyl (C=O) groups excluding carboxylic acids is 2. The number of hydrogen-bond acceptors (Lipinski definition) is 4. The van der Waals surface area contributed by atoms with E-state index in [0.29, 0.717) is 35.1 Å². The number of halogens is 1. The lowest BCUT2D eigenvalue weighted by Crippen LogP contribution is -2.27. The van der Waals surface area contributed by atoms with Gasteiger partial charge in [0.25, 0.3) is 0 Å². The molecule has 1 atom stereocenters. The minimum Gasteiger partial charge on any atom is -0.298 e. The van der Waals surface area contributed by atoms with E-state index in [0.717, 1.165) is 0 Å². The molecule has 0 saturated carbocycles. The summed E-state index contributed by atoms with van der Waals surface area (Å²) in [5.41, 5.74) is 8.64. The third kappa shape index (κ3) is 2.91. The second kappa shape index (κ2) is 5.81. The zero-order valence-corrected chi connectivity index (χ0v) is 11.4. The standard InChI is InChI=1S/C11H10BrN5O2/c12-9-2-8(6-18)11(14-4-9)17-5-7(1-10(17)19)3-15-16-13/h2,4,6-7H,1,3,5H2. The predicted octanol–water partition coefficient (Wildman–Crippen LogP) is 2.32. The quantitative estimate of drug-likeness (QED) is 0.368. The van der Waals surface area contributed by atoms with Crippen LogP contribution in [0.4, 0.5) is 5.82 Å². The number of aldehydes is 1. The normalized spacial score (nSPS) is 18.3. The first-order chi connectivity index (χ1) is 9.15. The van der Waals surface area contributed by atoms with Gasteiger partial charge >= 0.3 is 0 Å². The van der Waals surface area contributed by atoms with E-state index in [1.54, 1.807) is 6.07 Å². The van der Waals surface area contributed by atoms with Crippen LogP contribution in [-0.2, 0) is 4.79 Å². The molecule has 0 aliphatic carbocycles. The van der Waals surface area contributed by atoms with Gasteiger partial charge in [-0.2, -0.15) is 0 Å². The average Bonchev–Trinajstić information content (AvgIpc) is 2.77. The summed E-state index contributed by atoms with van der Waals surface area (Å²) in [5.74, 6) is 0.205. The first-order valence-electron chi connectivity index (χ1n) is 5.57. The number of hydrogen-bond donors (Lipinski definition) is 0. The van der Waals surface area contributed by atoms with Crippen LogP contribution in [0.15, 0.2) is 21.9 Å². The number of aromatic nitrogens is 1. The molecule has 1 aliphatic heterocycles. The lowest BCUT2D eigenvalue weighted by molar-refractivity contribution is -0.117. The Morgan fingerprint density at radius 1 is 1.68 bits per heavy atom. The van der Waals surface area contributed by atoms with Crippen molar-refractivity contribution in [3.63, 3.8) is 0 Å². The monoisotopic (exact) mass is 323 g/mol. The Balaban J connectivity index is 2.25. The van der Waals surface area contributed by atoms with E-state index in [9.17, 15) is 9.59 Å². The van der Waals surface area contributed by atoms with E-state index in [4.69, 9.17) is 5.53 Å². The number of pyridine rings is 1. The SMILES string of the molecule is [N-]=[N+]=NCC1CC(=O)N(c2ncc(Br)cc2C=O)C1. The summed E-state index contributed by atoms with van der Waals surface area (Å²) in [5, 5.41) is 3.48. The molecule has 19 heavy (non-hydrogen) atoms. The second-order valence-electron chi connectivity index (χ2n) is 4.17. The summed E-state index contributed by atoms with van der Waals surface area (Å²) in [4.78, 5) is 31.2. The van der Waals surface area contributed by atoms with Crippen LogP contribution in [0.5, 0.6) is 0 Å². The number of rotatable bonds is 4. The summed E-state index contributed by atoms with van der Waals surface area (Å²) in [6.07, 6.45) is 2.51. The molecule has 1 aromatic rings. The van der Waals surface area contributed by atoms with E-state index >= 15 is 0 Å². The van der Waals surface area contributed by atoms with Crippen LogP contribution < -0.4 is 4.90 Å². The first-order valence-corrected chi connectivity index (χ1v) is 6.37. The molecule has 1 amide bonds. The number of nitrogens with zero attached hydrogens (tertiary/aromatic N) is 5. The maximum Gasteiger partial charge on any atom is 0.228 e. The molecule has 1 saturated heterocycles. The van der Waals surface area contributed by atoms with Gasteiger partial charge in [0.05, 0.1) is 5.56 Å². The van der Waals surface area contributed by atoms with Crippen molar-refractivity contribution in [2.75, 3.05) is 18.0 Å². The highest BCUT2D eigenvalue weighted by atomic mass is 79.9. The van der Waals surface area contributed by atoms with Gasteiger partial charge in [0, 0.05) is 35.1 Å². The molecule has 1 unspecified atom stereocenters.